The van der Waals surface area contributed by atoms with Crippen molar-refractivity contribution in [2.75, 3.05) is 0 Å². The molecule has 2 aromatic heterocycles. The minimum absolute atomic E-state index is 0.000622. The molecule has 0 aliphatic carbocycles. The molecule has 20 heavy (non-hydrogen) atoms. The first-order chi connectivity index (χ1) is 9.47. The number of hydrogen-bond donors (Lipinski definition) is 1. The van der Waals surface area contributed by atoms with E-state index in [4.69, 9.17) is 0 Å². The molecule has 0 unspecified atom stereocenters. The van der Waals surface area contributed by atoms with Crippen molar-refractivity contribution in [2.45, 2.75) is 33.4 Å². The van der Waals surface area contributed by atoms with Crippen molar-refractivity contribution in [2.24, 2.45) is 7.05 Å². The van der Waals surface area contributed by atoms with Crippen molar-refractivity contribution in [3.8, 4) is 0 Å². The summed E-state index contributed by atoms with van der Waals surface area (Å²) < 4.78 is 4.57. The molecular weight excluding hydrogens is 322 g/mol. The largest absolute Gasteiger partial charge is 0.350 e. The lowest BCUT2D eigenvalue weighted by Gasteiger charge is -2.05. The summed E-state index contributed by atoms with van der Waals surface area (Å²) in [6.07, 6.45) is 2.14. The second-order valence-corrected chi connectivity index (χ2v) is 5.58. The fraction of sp³-hybridized carbons (Fsp3) is 0.462. The Kier molecular flexibility index (Phi) is 4.59. The molecule has 1 N–H and O–H groups in total. The lowest BCUT2D eigenvalue weighted by Crippen LogP contribution is -2.24. The fourth-order valence-corrected chi connectivity index (χ4v) is 2.15. The van der Waals surface area contributed by atoms with Gasteiger partial charge in [0, 0.05) is 31.4 Å². The first kappa shape index (κ1) is 14.8. The maximum absolute atomic E-state index is 11.8. The fourth-order valence-electron chi connectivity index (χ4n) is 1.86. The number of halogens is 1. The van der Waals surface area contributed by atoms with Crippen LogP contribution in [-0.4, -0.2) is 25.5 Å². The topological polar surface area (TPSA) is 64.7 Å². The SMILES string of the molecule is Cc1cc(CNC(=O)CCn2ncc(Br)c2C)nn1C. The molecule has 0 atom stereocenters. The average molecular weight is 340 g/mol. The molecule has 1 amide bonds. The van der Waals surface area contributed by atoms with E-state index in [-0.39, 0.29) is 5.91 Å². The van der Waals surface area contributed by atoms with E-state index in [1.807, 2.05) is 31.6 Å². The molecule has 6 nitrogen and oxygen atoms in total. The molecular formula is C13H18BrN5O. The van der Waals surface area contributed by atoms with Crippen molar-refractivity contribution in [3.05, 3.63) is 33.8 Å². The normalized spacial score (nSPS) is 10.8. The zero-order valence-electron chi connectivity index (χ0n) is 11.9. The van der Waals surface area contributed by atoms with Gasteiger partial charge in [0.2, 0.25) is 5.91 Å². The Bertz CT molecular complexity index is 597. The van der Waals surface area contributed by atoms with E-state index < -0.39 is 0 Å². The van der Waals surface area contributed by atoms with Gasteiger partial charge in [0.05, 0.1) is 22.9 Å². The molecule has 0 fully saturated rings. The molecule has 0 spiro atoms. The maximum Gasteiger partial charge on any atom is 0.222 e. The molecule has 0 aliphatic heterocycles. The van der Waals surface area contributed by atoms with Crippen LogP contribution in [0.4, 0.5) is 0 Å². The number of carbonyl (C=O) groups excluding carboxylic acids is 1. The molecule has 7 heteroatoms. The highest BCUT2D eigenvalue weighted by molar-refractivity contribution is 9.10. The minimum Gasteiger partial charge on any atom is -0.350 e. The second kappa shape index (κ2) is 6.21. The van der Waals surface area contributed by atoms with E-state index in [0.29, 0.717) is 19.5 Å². The van der Waals surface area contributed by atoms with E-state index in [1.54, 1.807) is 10.9 Å². The number of rotatable bonds is 5. The Hall–Kier alpha value is -1.63. The van der Waals surface area contributed by atoms with Crippen LogP contribution in [0.2, 0.25) is 0 Å². The minimum atomic E-state index is -0.000622. The van der Waals surface area contributed by atoms with Gasteiger partial charge in [0.15, 0.2) is 0 Å². The van der Waals surface area contributed by atoms with Gasteiger partial charge in [-0.2, -0.15) is 10.2 Å². The second-order valence-electron chi connectivity index (χ2n) is 4.73. The summed E-state index contributed by atoms with van der Waals surface area (Å²) in [4.78, 5) is 11.8. The third kappa shape index (κ3) is 3.47. The lowest BCUT2D eigenvalue weighted by molar-refractivity contribution is -0.121. The highest BCUT2D eigenvalue weighted by Crippen LogP contribution is 2.14. The van der Waals surface area contributed by atoms with E-state index >= 15 is 0 Å². The number of nitrogens with zero attached hydrogens (tertiary/aromatic N) is 4. The van der Waals surface area contributed by atoms with Gasteiger partial charge in [-0.3, -0.25) is 14.2 Å². The van der Waals surface area contributed by atoms with Gasteiger partial charge in [0.25, 0.3) is 0 Å². The van der Waals surface area contributed by atoms with Gasteiger partial charge < -0.3 is 5.32 Å². The average Bonchev–Trinajstić information content (AvgIpc) is 2.90. The van der Waals surface area contributed by atoms with Gasteiger partial charge in [0.1, 0.15) is 0 Å². The van der Waals surface area contributed by atoms with Crippen molar-refractivity contribution >= 4 is 21.8 Å². The van der Waals surface area contributed by atoms with Crippen LogP contribution in [0.15, 0.2) is 16.7 Å². The van der Waals surface area contributed by atoms with Gasteiger partial charge in [-0.1, -0.05) is 0 Å². The summed E-state index contributed by atoms with van der Waals surface area (Å²) in [5, 5.41) is 11.4. The summed E-state index contributed by atoms with van der Waals surface area (Å²) in [7, 11) is 1.89. The van der Waals surface area contributed by atoms with Gasteiger partial charge >= 0.3 is 0 Å². The van der Waals surface area contributed by atoms with Crippen LogP contribution >= 0.6 is 15.9 Å². The van der Waals surface area contributed by atoms with Crippen LogP contribution in [0, 0.1) is 13.8 Å². The van der Waals surface area contributed by atoms with Crippen molar-refractivity contribution in [1.29, 1.82) is 0 Å². The molecule has 0 bridgehead atoms. The molecule has 0 saturated heterocycles. The monoisotopic (exact) mass is 339 g/mol. The van der Waals surface area contributed by atoms with Crippen LogP contribution in [-0.2, 0) is 24.9 Å². The Labute approximate surface area is 126 Å². The van der Waals surface area contributed by atoms with Gasteiger partial charge in [-0.05, 0) is 35.8 Å². The summed E-state index contributed by atoms with van der Waals surface area (Å²) in [5.41, 5.74) is 2.97. The van der Waals surface area contributed by atoms with Gasteiger partial charge in [-0.25, -0.2) is 0 Å². The van der Waals surface area contributed by atoms with Crippen molar-refractivity contribution < 1.29 is 4.79 Å². The van der Waals surface area contributed by atoms with Crippen LogP contribution in [0.3, 0.4) is 0 Å². The number of carbonyl (C=O) groups is 1. The smallest absolute Gasteiger partial charge is 0.222 e. The van der Waals surface area contributed by atoms with Crippen LogP contribution in [0.1, 0.15) is 23.5 Å². The maximum atomic E-state index is 11.8. The van der Waals surface area contributed by atoms with Crippen LogP contribution < -0.4 is 5.32 Å². The summed E-state index contributed by atoms with van der Waals surface area (Å²) in [6.45, 7) is 4.98. The lowest BCUT2D eigenvalue weighted by atomic mass is 10.3. The Morgan fingerprint density at radius 3 is 2.75 bits per heavy atom. The summed E-state index contributed by atoms with van der Waals surface area (Å²) in [5.74, 6) is -0.000622. The number of aryl methyl sites for hydroxylation is 3. The first-order valence-corrected chi connectivity index (χ1v) is 7.21. The van der Waals surface area contributed by atoms with Crippen LogP contribution in [0.5, 0.6) is 0 Å². The van der Waals surface area contributed by atoms with Crippen molar-refractivity contribution in [3.63, 3.8) is 0 Å². The predicted molar refractivity (Wildman–Crippen MR) is 79.1 cm³/mol. The molecule has 108 valence electrons. The predicted octanol–water partition coefficient (Wildman–Crippen LogP) is 1.70. The first-order valence-electron chi connectivity index (χ1n) is 6.41. The molecule has 2 rings (SSSR count). The zero-order valence-corrected chi connectivity index (χ0v) is 13.4. The van der Waals surface area contributed by atoms with E-state index in [2.05, 4.69) is 31.4 Å². The summed E-state index contributed by atoms with van der Waals surface area (Å²) >= 11 is 3.40. The zero-order chi connectivity index (χ0) is 14.7. The van der Waals surface area contributed by atoms with E-state index in [9.17, 15) is 4.79 Å². The molecule has 0 radical (unpaired) electrons. The highest BCUT2D eigenvalue weighted by atomic mass is 79.9. The molecule has 2 heterocycles. The van der Waals surface area contributed by atoms with E-state index in [0.717, 1.165) is 21.6 Å². The third-order valence-electron chi connectivity index (χ3n) is 3.23. The quantitative estimate of drug-likeness (QED) is 0.901. The third-order valence-corrected chi connectivity index (χ3v) is 4.00. The Balaban J connectivity index is 1.80. The number of nitrogens with one attached hydrogen (secondary N) is 1. The van der Waals surface area contributed by atoms with Gasteiger partial charge in [-0.15, -0.1) is 0 Å². The Morgan fingerprint density at radius 2 is 2.20 bits per heavy atom. The molecule has 0 saturated carbocycles. The Morgan fingerprint density at radius 1 is 1.45 bits per heavy atom. The van der Waals surface area contributed by atoms with Crippen molar-refractivity contribution in [1.82, 2.24) is 24.9 Å². The number of aromatic nitrogens is 4. The number of hydrogen-bond acceptors (Lipinski definition) is 3. The highest BCUT2D eigenvalue weighted by Gasteiger charge is 2.07. The molecule has 2 aromatic rings. The summed E-state index contributed by atoms with van der Waals surface area (Å²) in [6, 6.07) is 1.97. The molecule has 0 aliphatic rings. The molecule has 0 aromatic carbocycles. The van der Waals surface area contributed by atoms with E-state index in [1.165, 1.54) is 0 Å². The number of amides is 1. The van der Waals surface area contributed by atoms with Crippen LogP contribution in [0.25, 0.3) is 0 Å². The standard InChI is InChI=1S/C13H18BrN5O/c1-9-6-11(17-18(9)3)7-15-13(20)4-5-19-10(2)12(14)8-16-19/h6,8H,4-5,7H2,1-3H3,(H,15,20).